The Morgan fingerprint density at radius 3 is 2.74 bits per heavy atom. The van der Waals surface area contributed by atoms with E-state index >= 15 is 0 Å². The van der Waals surface area contributed by atoms with Crippen molar-refractivity contribution in [2.24, 2.45) is 0 Å². The lowest BCUT2D eigenvalue weighted by Gasteiger charge is -2.16. The Morgan fingerprint density at radius 2 is 2.04 bits per heavy atom. The zero-order valence-corrected chi connectivity index (χ0v) is 13.4. The molecule has 0 spiro atoms. The van der Waals surface area contributed by atoms with Gasteiger partial charge in [0.05, 0.1) is 5.56 Å². The lowest BCUT2D eigenvalue weighted by molar-refractivity contribution is 0.0950. The maximum Gasteiger partial charge on any atom is 0.253 e. The largest absolute Gasteiger partial charge is 0.348 e. The van der Waals surface area contributed by atoms with Crippen LogP contribution in [0.4, 0.5) is 0 Å². The number of carbonyl (C=O) groups excluding carboxylic acids is 1. The van der Waals surface area contributed by atoms with Gasteiger partial charge in [-0.15, -0.1) is 10.2 Å². The van der Waals surface area contributed by atoms with Gasteiger partial charge in [0.2, 0.25) is 0 Å². The highest BCUT2D eigenvalue weighted by molar-refractivity contribution is 5.94. The van der Waals surface area contributed by atoms with E-state index in [-0.39, 0.29) is 11.3 Å². The zero-order chi connectivity index (χ0) is 16.4. The molecule has 3 aromatic rings. The number of nitrogens with zero attached hydrogens (tertiary/aromatic N) is 4. The summed E-state index contributed by atoms with van der Waals surface area (Å²) in [6.45, 7) is 6.65. The molecule has 0 radical (unpaired) electrons. The minimum absolute atomic E-state index is 0.135. The van der Waals surface area contributed by atoms with Crippen LogP contribution in [0.2, 0.25) is 0 Å². The first-order valence-corrected chi connectivity index (χ1v) is 7.47. The Bertz CT molecular complexity index is 833. The van der Waals surface area contributed by atoms with Gasteiger partial charge in [0.1, 0.15) is 5.82 Å². The number of hydrogen-bond donors (Lipinski definition) is 1. The summed E-state index contributed by atoms with van der Waals surface area (Å²) in [7, 11) is 0. The Morgan fingerprint density at radius 1 is 1.22 bits per heavy atom. The molecule has 0 aromatic carbocycles. The highest BCUT2D eigenvalue weighted by Gasteiger charge is 2.21. The fourth-order valence-electron chi connectivity index (χ4n) is 2.32. The molecule has 3 heterocycles. The number of rotatable bonds is 3. The Kier molecular flexibility index (Phi) is 3.82. The monoisotopic (exact) mass is 309 g/mol. The molecule has 118 valence electrons. The number of nitrogens with one attached hydrogen (secondary N) is 1. The van der Waals surface area contributed by atoms with Crippen LogP contribution in [0.5, 0.6) is 0 Å². The molecule has 0 aliphatic heterocycles. The molecule has 6 heteroatoms. The van der Waals surface area contributed by atoms with Crippen LogP contribution in [-0.2, 0) is 12.0 Å². The molecule has 0 saturated heterocycles. The number of hydrogen-bond acceptors (Lipinski definition) is 4. The lowest BCUT2D eigenvalue weighted by atomic mass is 9.96. The molecular formula is C17H19N5O. The Balaban J connectivity index is 1.83. The molecule has 1 amide bonds. The SMILES string of the molecule is CC(C)(C)c1nnc2ccc(C(=O)NCc3cccnc3)cn12. The average molecular weight is 309 g/mol. The second kappa shape index (κ2) is 5.79. The van der Waals surface area contributed by atoms with Crippen molar-refractivity contribution in [1.82, 2.24) is 24.9 Å². The number of carbonyl (C=O) groups is 1. The molecular weight excluding hydrogens is 290 g/mol. The topological polar surface area (TPSA) is 72.2 Å². The molecule has 0 unspecified atom stereocenters. The van der Waals surface area contributed by atoms with Crippen molar-refractivity contribution in [2.75, 3.05) is 0 Å². The molecule has 0 saturated carbocycles. The maximum absolute atomic E-state index is 12.4. The van der Waals surface area contributed by atoms with Gasteiger partial charge in [-0.05, 0) is 23.8 Å². The second-order valence-corrected chi connectivity index (χ2v) is 6.46. The van der Waals surface area contributed by atoms with E-state index in [4.69, 9.17) is 0 Å². The maximum atomic E-state index is 12.4. The van der Waals surface area contributed by atoms with Gasteiger partial charge < -0.3 is 5.32 Å². The second-order valence-electron chi connectivity index (χ2n) is 6.46. The predicted octanol–water partition coefficient (Wildman–Crippen LogP) is 2.35. The van der Waals surface area contributed by atoms with Gasteiger partial charge in [-0.3, -0.25) is 14.2 Å². The van der Waals surface area contributed by atoms with Gasteiger partial charge in [0.25, 0.3) is 5.91 Å². The minimum Gasteiger partial charge on any atom is -0.348 e. The van der Waals surface area contributed by atoms with Crippen molar-refractivity contribution < 1.29 is 4.79 Å². The van der Waals surface area contributed by atoms with Crippen molar-refractivity contribution in [3.05, 3.63) is 59.8 Å². The van der Waals surface area contributed by atoms with E-state index in [0.717, 1.165) is 17.0 Å². The Hall–Kier alpha value is -2.76. The summed E-state index contributed by atoms with van der Waals surface area (Å²) in [6, 6.07) is 7.34. The third-order valence-electron chi connectivity index (χ3n) is 3.51. The van der Waals surface area contributed by atoms with E-state index in [1.165, 1.54) is 0 Å². The summed E-state index contributed by atoms with van der Waals surface area (Å²) in [4.78, 5) is 16.4. The van der Waals surface area contributed by atoms with Crippen molar-refractivity contribution in [1.29, 1.82) is 0 Å². The van der Waals surface area contributed by atoms with Crippen LogP contribution in [0.1, 0.15) is 42.5 Å². The molecule has 0 bridgehead atoms. The van der Waals surface area contributed by atoms with Crippen LogP contribution < -0.4 is 5.32 Å². The first kappa shape index (κ1) is 15.1. The summed E-state index contributed by atoms with van der Waals surface area (Å²) in [5, 5.41) is 11.3. The number of aromatic nitrogens is 4. The summed E-state index contributed by atoms with van der Waals surface area (Å²) >= 11 is 0. The summed E-state index contributed by atoms with van der Waals surface area (Å²) in [6.07, 6.45) is 5.23. The molecule has 3 aromatic heterocycles. The molecule has 0 fully saturated rings. The van der Waals surface area contributed by atoms with E-state index in [9.17, 15) is 4.79 Å². The zero-order valence-electron chi connectivity index (χ0n) is 13.4. The highest BCUT2D eigenvalue weighted by atomic mass is 16.1. The molecule has 0 atom stereocenters. The molecule has 0 aliphatic carbocycles. The third-order valence-corrected chi connectivity index (χ3v) is 3.51. The van der Waals surface area contributed by atoms with Gasteiger partial charge >= 0.3 is 0 Å². The van der Waals surface area contributed by atoms with Crippen molar-refractivity contribution >= 4 is 11.6 Å². The van der Waals surface area contributed by atoms with Crippen molar-refractivity contribution in [3.8, 4) is 0 Å². The fraction of sp³-hybridized carbons (Fsp3) is 0.294. The Labute approximate surface area is 134 Å². The van der Waals surface area contributed by atoms with Crippen LogP contribution >= 0.6 is 0 Å². The van der Waals surface area contributed by atoms with Crippen LogP contribution in [0.25, 0.3) is 5.65 Å². The van der Waals surface area contributed by atoms with E-state index in [0.29, 0.717) is 12.1 Å². The van der Waals surface area contributed by atoms with E-state index in [1.54, 1.807) is 30.7 Å². The molecule has 0 aliphatic rings. The number of amides is 1. The van der Waals surface area contributed by atoms with Gasteiger partial charge in [-0.2, -0.15) is 0 Å². The first-order chi connectivity index (χ1) is 10.9. The predicted molar refractivity (Wildman–Crippen MR) is 87.1 cm³/mol. The van der Waals surface area contributed by atoms with Gasteiger partial charge in [-0.25, -0.2) is 0 Å². The normalized spacial score (nSPS) is 11.6. The van der Waals surface area contributed by atoms with Crippen LogP contribution in [0.3, 0.4) is 0 Å². The van der Waals surface area contributed by atoms with E-state index < -0.39 is 0 Å². The van der Waals surface area contributed by atoms with Crippen LogP contribution in [0, 0.1) is 0 Å². The van der Waals surface area contributed by atoms with Crippen LogP contribution in [-0.4, -0.2) is 25.5 Å². The standard InChI is InChI=1S/C17H19N5O/c1-17(2,3)16-21-20-14-7-6-13(11-22(14)16)15(23)19-10-12-5-4-8-18-9-12/h4-9,11H,10H2,1-3H3,(H,19,23). The van der Waals surface area contributed by atoms with Crippen LogP contribution in [0.15, 0.2) is 42.9 Å². The van der Waals surface area contributed by atoms with Crippen molar-refractivity contribution in [3.63, 3.8) is 0 Å². The highest BCUT2D eigenvalue weighted by Crippen LogP contribution is 2.21. The molecule has 6 nitrogen and oxygen atoms in total. The minimum atomic E-state index is -0.149. The summed E-state index contributed by atoms with van der Waals surface area (Å²) < 4.78 is 1.87. The third kappa shape index (κ3) is 3.21. The summed E-state index contributed by atoms with van der Waals surface area (Å²) in [5.41, 5.74) is 2.12. The van der Waals surface area contributed by atoms with Gasteiger partial charge in [0.15, 0.2) is 5.65 Å². The molecule has 1 N–H and O–H groups in total. The number of fused-ring (bicyclic) bond motifs is 1. The van der Waals surface area contributed by atoms with Gasteiger partial charge in [0, 0.05) is 30.6 Å². The van der Waals surface area contributed by atoms with Crippen molar-refractivity contribution in [2.45, 2.75) is 32.7 Å². The van der Waals surface area contributed by atoms with E-state index in [2.05, 4.69) is 41.3 Å². The first-order valence-electron chi connectivity index (χ1n) is 7.47. The average Bonchev–Trinajstić information content (AvgIpc) is 2.96. The summed E-state index contributed by atoms with van der Waals surface area (Å²) in [5.74, 6) is 0.693. The smallest absolute Gasteiger partial charge is 0.253 e. The quantitative estimate of drug-likeness (QED) is 0.806. The van der Waals surface area contributed by atoms with E-state index in [1.807, 2.05) is 16.5 Å². The molecule has 23 heavy (non-hydrogen) atoms. The lowest BCUT2D eigenvalue weighted by Crippen LogP contribution is -2.23. The van der Waals surface area contributed by atoms with Gasteiger partial charge in [-0.1, -0.05) is 26.8 Å². The molecule has 3 rings (SSSR count). The fourth-order valence-corrected chi connectivity index (χ4v) is 2.32. The number of pyridine rings is 2.